The molecule has 19 heavy (non-hydrogen) atoms. The number of aromatic nitrogens is 2. The molecule has 0 aromatic carbocycles. The predicted octanol–water partition coefficient (Wildman–Crippen LogP) is 2.93. The summed E-state index contributed by atoms with van der Waals surface area (Å²) >= 11 is 0. The van der Waals surface area contributed by atoms with E-state index in [-0.39, 0.29) is 6.10 Å². The highest BCUT2D eigenvalue weighted by Crippen LogP contribution is 2.20. The van der Waals surface area contributed by atoms with Crippen molar-refractivity contribution >= 4 is 5.82 Å². The second kappa shape index (κ2) is 8.82. The van der Waals surface area contributed by atoms with Crippen LogP contribution in [-0.4, -0.2) is 30.7 Å². The van der Waals surface area contributed by atoms with Gasteiger partial charge in [-0.15, -0.1) is 0 Å². The molecule has 1 N–H and O–H groups in total. The number of hydrogen-bond acceptors (Lipinski definition) is 5. The quantitative estimate of drug-likeness (QED) is 0.745. The van der Waals surface area contributed by atoms with Crippen LogP contribution in [0, 0.1) is 0 Å². The zero-order valence-corrected chi connectivity index (χ0v) is 12.4. The first-order valence-electron chi connectivity index (χ1n) is 6.88. The van der Waals surface area contributed by atoms with Gasteiger partial charge in [-0.2, -0.15) is 0 Å². The molecule has 1 atom stereocenters. The van der Waals surface area contributed by atoms with Crippen molar-refractivity contribution in [2.75, 3.05) is 26.1 Å². The summed E-state index contributed by atoms with van der Waals surface area (Å²) < 4.78 is 10.6. The minimum atomic E-state index is -0.0519. The van der Waals surface area contributed by atoms with Gasteiger partial charge in [0.2, 0.25) is 0 Å². The van der Waals surface area contributed by atoms with E-state index in [2.05, 4.69) is 29.1 Å². The smallest absolute Gasteiger partial charge is 0.159 e. The van der Waals surface area contributed by atoms with Crippen molar-refractivity contribution in [3.05, 3.63) is 17.6 Å². The lowest BCUT2D eigenvalue weighted by Crippen LogP contribution is -2.12. The molecule has 1 aromatic heterocycles. The summed E-state index contributed by atoms with van der Waals surface area (Å²) in [6, 6.07) is 1.93. The summed E-state index contributed by atoms with van der Waals surface area (Å²) in [7, 11) is 3.37. The maximum atomic E-state index is 5.48. The fraction of sp³-hybridized carbons (Fsp3) is 0.714. The van der Waals surface area contributed by atoms with Crippen molar-refractivity contribution in [1.29, 1.82) is 0 Å². The molecule has 1 unspecified atom stereocenters. The highest BCUT2D eigenvalue weighted by molar-refractivity contribution is 5.36. The van der Waals surface area contributed by atoms with Crippen LogP contribution in [0.1, 0.15) is 50.7 Å². The predicted molar refractivity (Wildman–Crippen MR) is 76.2 cm³/mol. The van der Waals surface area contributed by atoms with Crippen molar-refractivity contribution in [1.82, 2.24) is 9.97 Å². The third kappa shape index (κ3) is 5.12. The fourth-order valence-corrected chi connectivity index (χ4v) is 1.84. The maximum absolute atomic E-state index is 5.48. The molecule has 108 valence electrons. The van der Waals surface area contributed by atoms with E-state index in [9.17, 15) is 0 Å². The SMILES string of the molecule is CCCNc1cc(COC)nc(C(CCC)OC)n1. The number of nitrogens with zero attached hydrogens (tertiary/aromatic N) is 2. The molecule has 0 bridgehead atoms. The van der Waals surface area contributed by atoms with Gasteiger partial charge in [-0.25, -0.2) is 9.97 Å². The van der Waals surface area contributed by atoms with Gasteiger partial charge in [0.1, 0.15) is 11.9 Å². The zero-order valence-electron chi connectivity index (χ0n) is 12.4. The van der Waals surface area contributed by atoms with Crippen LogP contribution in [0.5, 0.6) is 0 Å². The number of methoxy groups -OCH3 is 2. The van der Waals surface area contributed by atoms with Crippen molar-refractivity contribution in [3.63, 3.8) is 0 Å². The van der Waals surface area contributed by atoms with Gasteiger partial charge >= 0.3 is 0 Å². The third-order valence-electron chi connectivity index (χ3n) is 2.77. The first-order chi connectivity index (χ1) is 9.24. The fourth-order valence-electron chi connectivity index (χ4n) is 1.84. The van der Waals surface area contributed by atoms with Crippen LogP contribution in [0.2, 0.25) is 0 Å². The van der Waals surface area contributed by atoms with Gasteiger partial charge < -0.3 is 14.8 Å². The monoisotopic (exact) mass is 267 g/mol. The van der Waals surface area contributed by atoms with Crippen LogP contribution in [0.3, 0.4) is 0 Å². The number of anilines is 1. The molecule has 1 heterocycles. The minimum absolute atomic E-state index is 0.0519. The number of nitrogens with one attached hydrogen (secondary N) is 1. The zero-order chi connectivity index (χ0) is 14.1. The Balaban J connectivity index is 2.96. The molecule has 0 saturated carbocycles. The van der Waals surface area contributed by atoms with Crippen molar-refractivity contribution in [2.45, 2.75) is 45.8 Å². The lowest BCUT2D eigenvalue weighted by molar-refractivity contribution is 0.0869. The molecule has 0 spiro atoms. The molecule has 0 aliphatic carbocycles. The molecule has 0 fully saturated rings. The Morgan fingerprint density at radius 1 is 1.21 bits per heavy atom. The van der Waals surface area contributed by atoms with E-state index in [0.717, 1.165) is 43.1 Å². The van der Waals surface area contributed by atoms with Gasteiger partial charge in [-0.1, -0.05) is 20.3 Å². The molecule has 5 heteroatoms. The maximum Gasteiger partial charge on any atom is 0.159 e. The minimum Gasteiger partial charge on any atom is -0.378 e. The second-order valence-electron chi connectivity index (χ2n) is 4.48. The lowest BCUT2D eigenvalue weighted by atomic mass is 10.2. The molecule has 5 nitrogen and oxygen atoms in total. The highest BCUT2D eigenvalue weighted by atomic mass is 16.5. The average Bonchev–Trinajstić information content (AvgIpc) is 2.42. The molecule has 1 aromatic rings. The van der Waals surface area contributed by atoms with E-state index < -0.39 is 0 Å². The summed E-state index contributed by atoms with van der Waals surface area (Å²) in [5.74, 6) is 1.58. The Kier molecular flexibility index (Phi) is 7.36. The van der Waals surface area contributed by atoms with E-state index in [1.807, 2.05) is 6.07 Å². The third-order valence-corrected chi connectivity index (χ3v) is 2.77. The van der Waals surface area contributed by atoms with Gasteiger partial charge in [0.25, 0.3) is 0 Å². The summed E-state index contributed by atoms with van der Waals surface area (Å²) in [6.07, 6.45) is 2.96. The molecule has 0 radical (unpaired) electrons. The summed E-state index contributed by atoms with van der Waals surface area (Å²) in [5, 5.41) is 3.29. The number of hydrogen-bond donors (Lipinski definition) is 1. The molecule has 1 rings (SSSR count). The van der Waals surface area contributed by atoms with Gasteiger partial charge in [0, 0.05) is 26.8 Å². The van der Waals surface area contributed by atoms with Crippen LogP contribution in [0.4, 0.5) is 5.82 Å². The van der Waals surface area contributed by atoms with E-state index in [1.54, 1.807) is 14.2 Å². The molecule has 0 aliphatic rings. The van der Waals surface area contributed by atoms with Crippen LogP contribution in [0.15, 0.2) is 6.07 Å². The molecular weight excluding hydrogens is 242 g/mol. The Labute approximate surface area is 115 Å². The van der Waals surface area contributed by atoms with Crippen molar-refractivity contribution < 1.29 is 9.47 Å². The van der Waals surface area contributed by atoms with Crippen LogP contribution < -0.4 is 5.32 Å². The average molecular weight is 267 g/mol. The van der Waals surface area contributed by atoms with Crippen molar-refractivity contribution in [3.8, 4) is 0 Å². The van der Waals surface area contributed by atoms with Crippen LogP contribution >= 0.6 is 0 Å². The second-order valence-corrected chi connectivity index (χ2v) is 4.48. The van der Waals surface area contributed by atoms with E-state index in [0.29, 0.717) is 6.61 Å². The van der Waals surface area contributed by atoms with Gasteiger partial charge in [-0.3, -0.25) is 0 Å². The Bertz CT molecular complexity index is 372. The summed E-state index contributed by atoms with van der Waals surface area (Å²) in [4.78, 5) is 9.06. The normalized spacial score (nSPS) is 12.4. The van der Waals surface area contributed by atoms with Gasteiger partial charge in [-0.05, 0) is 12.8 Å². The number of rotatable bonds is 9. The standard InChI is InChI=1S/C14H25N3O2/c1-5-7-12(19-4)14-16-11(10-18-3)9-13(17-14)15-8-6-2/h9,12H,5-8,10H2,1-4H3,(H,15,16,17). The summed E-state index contributed by atoms with van der Waals surface area (Å²) in [5.41, 5.74) is 0.879. The van der Waals surface area contributed by atoms with Gasteiger partial charge in [0.05, 0.1) is 12.3 Å². The van der Waals surface area contributed by atoms with E-state index in [1.165, 1.54) is 0 Å². The van der Waals surface area contributed by atoms with Crippen molar-refractivity contribution in [2.24, 2.45) is 0 Å². The highest BCUT2D eigenvalue weighted by Gasteiger charge is 2.15. The number of ether oxygens (including phenoxy) is 2. The largest absolute Gasteiger partial charge is 0.378 e. The van der Waals surface area contributed by atoms with Gasteiger partial charge in [0.15, 0.2) is 5.82 Å². The topological polar surface area (TPSA) is 56.3 Å². The first-order valence-corrected chi connectivity index (χ1v) is 6.88. The molecule has 0 amide bonds. The Hall–Kier alpha value is -1.20. The lowest BCUT2D eigenvalue weighted by Gasteiger charge is -2.15. The molecular formula is C14H25N3O2. The van der Waals surface area contributed by atoms with Crippen LogP contribution in [0.25, 0.3) is 0 Å². The Morgan fingerprint density at radius 3 is 2.58 bits per heavy atom. The summed E-state index contributed by atoms with van der Waals surface area (Å²) in [6.45, 7) is 5.63. The molecule has 0 aliphatic heterocycles. The first kappa shape index (κ1) is 15.9. The molecule has 0 saturated heterocycles. The van der Waals surface area contributed by atoms with E-state index in [4.69, 9.17) is 9.47 Å². The van der Waals surface area contributed by atoms with Crippen LogP contribution in [-0.2, 0) is 16.1 Å². The Morgan fingerprint density at radius 2 is 2.00 bits per heavy atom. The van der Waals surface area contributed by atoms with E-state index >= 15 is 0 Å².